The van der Waals surface area contributed by atoms with E-state index in [2.05, 4.69) is 22.9 Å². The second-order valence-electron chi connectivity index (χ2n) is 5.01. The lowest BCUT2D eigenvalue weighted by atomic mass is 10.1. The number of nitrogens with zero attached hydrogens (tertiary/aromatic N) is 2. The van der Waals surface area contributed by atoms with Crippen LogP contribution >= 0.6 is 27.3 Å². The molecule has 1 aromatic heterocycles. The highest BCUT2D eigenvalue weighted by atomic mass is 79.9. The van der Waals surface area contributed by atoms with Crippen molar-refractivity contribution in [1.82, 2.24) is 9.96 Å². The van der Waals surface area contributed by atoms with Crippen LogP contribution < -0.4 is 0 Å². The Kier molecular flexibility index (Phi) is 4.12. The second-order valence-corrected chi connectivity index (χ2v) is 7.51. The van der Waals surface area contributed by atoms with E-state index in [9.17, 15) is 10.0 Å². The summed E-state index contributed by atoms with van der Waals surface area (Å²) in [4.78, 5) is 14.9. The van der Waals surface area contributed by atoms with Crippen molar-refractivity contribution in [3.05, 3.63) is 56.7 Å². The van der Waals surface area contributed by atoms with Crippen LogP contribution in [0.25, 0.3) is 0 Å². The van der Waals surface area contributed by atoms with Gasteiger partial charge in [-0.3, -0.25) is 14.9 Å². The quantitative estimate of drug-likeness (QED) is 0.840. The number of thiophene rings is 1. The summed E-state index contributed by atoms with van der Waals surface area (Å²) in [7, 11) is 0. The van der Waals surface area contributed by atoms with E-state index in [1.807, 2.05) is 47.4 Å². The average molecular weight is 367 g/mol. The van der Waals surface area contributed by atoms with Crippen LogP contribution in [0.3, 0.4) is 0 Å². The van der Waals surface area contributed by atoms with Gasteiger partial charge in [-0.2, -0.15) is 5.06 Å². The molecule has 2 atom stereocenters. The van der Waals surface area contributed by atoms with Gasteiger partial charge in [0.05, 0.1) is 10.3 Å². The van der Waals surface area contributed by atoms with Crippen molar-refractivity contribution < 1.29 is 10.0 Å². The van der Waals surface area contributed by atoms with Gasteiger partial charge in [0, 0.05) is 10.9 Å². The summed E-state index contributed by atoms with van der Waals surface area (Å²) in [6.07, 6.45) is -0.427. The first-order chi connectivity index (χ1) is 10.1. The van der Waals surface area contributed by atoms with Crippen LogP contribution in [0.1, 0.15) is 29.6 Å². The normalized spacial score (nSPS) is 21.0. The number of hydrogen-bond donors (Lipinski definition) is 1. The molecule has 4 nitrogen and oxygen atoms in total. The van der Waals surface area contributed by atoms with Gasteiger partial charge < -0.3 is 0 Å². The summed E-state index contributed by atoms with van der Waals surface area (Å²) >= 11 is 4.96. The summed E-state index contributed by atoms with van der Waals surface area (Å²) in [5.74, 6) is -0.271. The van der Waals surface area contributed by atoms with Gasteiger partial charge in [-0.25, -0.2) is 0 Å². The third-order valence-corrected chi connectivity index (χ3v) is 5.41. The van der Waals surface area contributed by atoms with Gasteiger partial charge in [0.15, 0.2) is 0 Å². The molecule has 1 amide bonds. The molecule has 0 aliphatic carbocycles. The number of carbonyl (C=O) groups is 1. The zero-order valence-corrected chi connectivity index (χ0v) is 13.8. The average Bonchev–Trinajstić information content (AvgIpc) is 3.04. The molecule has 0 bridgehead atoms. The Hall–Kier alpha value is -1.21. The van der Waals surface area contributed by atoms with Crippen molar-refractivity contribution in [2.75, 3.05) is 6.54 Å². The fourth-order valence-electron chi connectivity index (χ4n) is 2.61. The third-order valence-electron chi connectivity index (χ3n) is 3.75. The maximum atomic E-state index is 11.9. The molecule has 1 aliphatic rings. The number of hydroxylamine groups is 2. The van der Waals surface area contributed by atoms with E-state index in [-0.39, 0.29) is 18.5 Å². The fraction of sp³-hybridized carbons (Fsp3) is 0.267. The van der Waals surface area contributed by atoms with Crippen molar-refractivity contribution in [3.8, 4) is 0 Å². The lowest BCUT2D eigenvalue weighted by molar-refractivity contribution is -0.170. The molecule has 0 radical (unpaired) electrons. The predicted molar refractivity (Wildman–Crippen MR) is 85.0 cm³/mol. The highest BCUT2D eigenvalue weighted by Gasteiger charge is 2.41. The monoisotopic (exact) mass is 366 g/mol. The molecular formula is C15H15BrN2O2S. The first kappa shape index (κ1) is 14.7. The molecule has 0 spiro atoms. The number of benzene rings is 1. The topological polar surface area (TPSA) is 43.8 Å². The molecule has 2 aromatic rings. The lowest BCUT2D eigenvalue weighted by Gasteiger charge is -2.30. The maximum absolute atomic E-state index is 11.9. The molecule has 1 aliphatic heterocycles. The SMILES string of the molecule is C[C@@H](c1ccccc1)N1CC(=O)N(O)C1c1ccc(Br)s1. The standard InChI is InChI=1S/C15H15BrN2O2S/c1-10(11-5-3-2-4-6-11)17-9-14(19)18(20)15(17)12-7-8-13(16)21-12/h2-8,10,15,20H,9H2,1H3/t10-,15?/m0/s1. The van der Waals surface area contributed by atoms with Gasteiger partial charge in [-0.1, -0.05) is 30.3 Å². The van der Waals surface area contributed by atoms with Crippen LogP contribution in [0.15, 0.2) is 46.3 Å². The smallest absolute Gasteiger partial charge is 0.262 e. The van der Waals surface area contributed by atoms with Crippen LogP contribution in [0.2, 0.25) is 0 Å². The van der Waals surface area contributed by atoms with Crippen LogP contribution in [0.5, 0.6) is 0 Å². The van der Waals surface area contributed by atoms with Gasteiger partial charge in [-0.05, 0) is 40.5 Å². The Balaban J connectivity index is 1.94. The minimum absolute atomic E-state index is 0.0400. The maximum Gasteiger partial charge on any atom is 0.262 e. The molecule has 0 saturated carbocycles. The molecule has 1 saturated heterocycles. The molecule has 1 aromatic carbocycles. The molecule has 6 heteroatoms. The van der Waals surface area contributed by atoms with Crippen LogP contribution in [0, 0.1) is 0 Å². The van der Waals surface area contributed by atoms with Crippen molar-refractivity contribution >= 4 is 33.2 Å². The van der Waals surface area contributed by atoms with E-state index >= 15 is 0 Å². The summed E-state index contributed by atoms with van der Waals surface area (Å²) < 4.78 is 0.984. The van der Waals surface area contributed by atoms with Crippen LogP contribution in [-0.2, 0) is 4.79 Å². The first-order valence-electron chi connectivity index (χ1n) is 6.65. The number of hydrogen-bond acceptors (Lipinski definition) is 4. The van der Waals surface area contributed by atoms with Gasteiger partial charge >= 0.3 is 0 Å². The Morgan fingerprint density at radius 2 is 2.00 bits per heavy atom. The van der Waals surface area contributed by atoms with Crippen molar-refractivity contribution in [2.45, 2.75) is 19.1 Å². The van der Waals surface area contributed by atoms with Crippen molar-refractivity contribution in [3.63, 3.8) is 0 Å². The summed E-state index contributed by atoms with van der Waals surface area (Å²) in [6.45, 7) is 2.27. The molecule has 1 unspecified atom stereocenters. The minimum Gasteiger partial charge on any atom is -0.284 e. The van der Waals surface area contributed by atoms with Crippen LogP contribution in [0.4, 0.5) is 0 Å². The zero-order valence-electron chi connectivity index (χ0n) is 11.4. The summed E-state index contributed by atoms with van der Waals surface area (Å²) in [5.41, 5.74) is 1.13. The highest BCUT2D eigenvalue weighted by molar-refractivity contribution is 9.11. The fourth-order valence-corrected chi connectivity index (χ4v) is 4.15. The van der Waals surface area contributed by atoms with Crippen molar-refractivity contribution in [1.29, 1.82) is 0 Å². The van der Waals surface area contributed by atoms with Gasteiger partial charge in [-0.15, -0.1) is 11.3 Å². The Morgan fingerprint density at radius 1 is 1.29 bits per heavy atom. The van der Waals surface area contributed by atoms with E-state index in [0.29, 0.717) is 0 Å². The molecule has 1 N–H and O–H groups in total. The summed E-state index contributed by atoms with van der Waals surface area (Å²) in [5, 5.41) is 11.0. The molecule has 21 heavy (non-hydrogen) atoms. The number of rotatable bonds is 3. The Labute approximate surface area is 135 Å². The number of amides is 1. The third kappa shape index (κ3) is 2.76. The minimum atomic E-state index is -0.427. The van der Waals surface area contributed by atoms with E-state index in [4.69, 9.17) is 0 Å². The van der Waals surface area contributed by atoms with Gasteiger partial charge in [0.1, 0.15) is 6.17 Å². The second kappa shape index (κ2) is 5.88. The van der Waals surface area contributed by atoms with Gasteiger partial charge in [0.25, 0.3) is 5.91 Å². The Bertz CT molecular complexity index is 646. The zero-order chi connectivity index (χ0) is 15.0. The van der Waals surface area contributed by atoms with Crippen LogP contribution in [-0.4, -0.2) is 27.6 Å². The first-order valence-corrected chi connectivity index (χ1v) is 8.25. The van der Waals surface area contributed by atoms with E-state index in [1.165, 1.54) is 11.3 Å². The Morgan fingerprint density at radius 3 is 2.62 bits per heavy atom. The number of halogens is 1. The number of carbonyl (C=O) groups excluding carboxylic acids is 1. The van der Waals surface area contributed by atoms with Crippen molar-refractivity contribution in [2.24, 2.45) is 0 Å². The molecular weight excluding hydrogens is 352 g/mol. The molecule has 3 rings (SSSR count). The predicted octanol–water partition coefficient (Wildman–Crippen LogP) is 3.80. The largest absolute Gasteiger partial charge is 0.284 e. The highest BCUT2D eigenvalue weighted by Crippen LogP contribution is 2.39. The van der Waals surface area contributed by atoms with E-state index in [0.717, 1.165) is 19.3 Å². The molecule has 110 valence electrons. The molecule has 1 fully saturated rings. The van der Waals surface area contributed by atoms with E-state index < -0.39 is 6.17 Å². The van der Waals surface area contributed by atoms with Gasteiger partial charge in [0.2, 0.25) is 0 Å². The summed E-state index contributed by atoms with van der Waals surface area (Å²) in [6, 6.07) is 13.9. The van der Waals surface area contributed by atoms with E-state index in [1.54, 1.807) is 0 Å². The molecule has 2 heterocycles. The lowest BCUT2D eigenvalue weighted by Crippen LogP contribution is -2.31.